The van der Waals surface area contributed by atoms with Gasteiger partial charge in [-0.3, -0.25) is 14.6 Å². The molecule has 2 heterocycles. The average molecular weight is 459 g/mol. The summed E-state index contributed by atoms with van der Waals surface area (Å²) in [6, 6.07) is 16.8. The first-order valence-electron chi connectivity index (χ1n) is 11.1. The van der Waals surface area contributed by atoms with Gasteiger partial charge in [-0.15, -0.1) is 0 Å². The van der Waals surface area contributed by atoms with Gasteiger partial charge in [0.25, 0.3) is 11.7 Å². The molecule has 0 bridgehead atoms. The highest BCUT2D eigenvalue weighted by Gasteiger charge is 2.46. The average Bonchev–Trinajstić information content (AvgIpc) is 3.12. The van der Waals surface area contributed by atoms with Crippen LogP contribution in [0.5, 0.6) is 11.5 Å². The Hall–Kier alpha value is -4.13. The molecule has 1 aliphatic heterocycles. The number of amides is 1. The Kier molecular flexibility index (Phi) is 6.92. The molecule has 1 amide bonds. The fourth-order valence-corrected chi connectivity index (χ4v) is 3.97. The van der Waals surface area contributed by atoms with Gasteiger partial charge in [0, 0.05) is 24.5 Å². The van der Waals surface area contributed by atoms with Crippen LogP contribution in [0.3, 0.4) is 0 Å². The topological polar surface area (TPSA) is 89.0 Å². The molecule has 7 heteroatoms. The molecule has 1 saturated heterocycles. The zero-order valence-corrected chi connectivity index (χ0v) is 19.1. The summed E-state index contributed by atoms with van der Waals surface area (Å²) in [5.74, 6) is -0.406. The summed E-state index contributed by atoms with van der Waals surface area (Å²) in [6.45, 7) is 2.73. The molecule has 1 unspecified atom stereocenters. The van der Waals surface area contributed by atoms with Crippen LogP contribution in [0.4, 0.5) is 0 Å². The highest BCUT2D eigenvalue weighted by Crippen LogP contribution is 2.41. The Morgan fingerprint density at radius 1 is 1.03 bits per heavy atom. The lowest BCUT2D eigenvalue weighted by molar-refractivity contribution is -0.140. The number of aliphatic hydroxyl groups excluding tert-OH is 1. The molecular formula is C27H26N2O5. The Labute approximate surface area is 198 Å². The first-order chi connectivity index (χ1) is 16.5. The lowest BCUT2D eigenvalue weighted by Gasteiger charge is -2.25. The van der Waals surface area contributed by atoms with Gasteiger partial charge in [-0.2, -0.15) is 0 Å². The Bertz CT molecular complexity index is 1210. The maximum Gasteiger partial charge on any atom is 0.295 e. The number of rotatable bonds is 8. The summed E-state index contributed by atoms with van der Waals surface area (Å²) in [6.07, 6.45) is 4.11. The molecule has 0 radical (unpaired) electrons. The third-order valence-electron chi connectivity index (χ3n) is 5.65. The van der Waals surface area contributed by atoms with Crippen molar-refractivity contribution >= 4 is 17.4 Å². The number of likely N-dealkylation sites (tertiary alicyclic amines) is 1. The number of methoxy groups -OCH3 is 1. The van der Waals surface area contributed by atoms with Gasteiger partial charge < -0.3 is 19.5 Å². The van der Waals surface area contributed by atoms with E-state index >= 15 is 0 Å². The molecular weight excluding hydrogens is 432 g/mol. The van der Waals surface area contributed by atoms with Gasteiger partial charge in [-0.25, -0.2) is 0 Å². The maximum atomic E-state index is 13.2. The number of ether oxygens (including phenoxy) is 2. The van der Waals surface area contributed by atoms with Crippen LogP contribution in [0.1, 0.15) is 36.1 Å². The summed E-state index contributed by atoms with van der Waals surface area (Å²) in [7, 11) is 1.57. The second-order valence-electron chi connectivity index (χ2n) is 7.93. The van der Waals surface area contributed by atoms with Crippen molar-refractivity contribution in [2.75, 3.05) is 13.7 Å². The second-order valence-corrected chi connectivity index (χ2v) is 7.93. The van der Waals surface area contributed by atoms with Gasteiger partial charge >= 0.3 is 0 Å². The minimum atomic E-state index is -0.765. The molecule has 1 fully saturated rings. The molecule has 1 N–H and O–H groups in total. The monoisotopic (exact) mass is 458 g/mol. The summed E-state index contributed by atoms with van der Waals surface area (Å²) in [4.78, 5) is 31.8. The Balaban J connectivity index is 1.81. The Morgan fingerprint density at radius 3 is 2.44 bits per heavy atom. The van der Waals surface area contributed by atoms with Crippen LogP contribution in [0.25, 0.3) is 5.76 Å². The number of Topliss-reactive ketones (excluding diaryl/α,β-unsaturated/α-hetero) is 1. The van der Waals surface area contributed by atoms with Crippen LogP contribution in [0.2, 0.25) is 0 Å². The number of aliphatic hydroxyl groups is 1. The quantitative estimate of drug-likeness (QED) is 0.304. The number of ketones is 1. The second kappa shape index (κ2) is 10.2. The van der Waals surface area contributed by atoms with E-state index in [4.69, 9.17) is 9.47 Å². The van der Waals surface area contributed by atoms with Crippen molar-refractivity contribution in [3.8, 4) is 11.5 Å². The minimum Gasteiger partial charge on any atom is -0.507 e. The normalized spacial score (nSPS) is 17.1. The number of hydrogen-bond donors (Lipinski definition) is 1. The molecule has 0 saturated carbocycles. The first-order valence-corrected chi connectivity index (χ1v) is 11.1. The van der Waals surface area contributed by atoms with Crippen molar-refractivity contribution in [3.05, 3.63) is 95.3 Å². The van der Waals surface area contributed by atoms with Crippen LogP contribution >= 0.6 is 0 Å². The molecule has 4 rings (SSSR count). The largest absolute Gasteiger partial charge is 0.507 e. The molecule has 0 spiro atoms. The number of carbonyl (C=O) groups excluding carboxylic acids is 2. The first kappa shape index (κ1) is 23.0. The highest BCUT2D eigenvalue weighted by atomic mass is 16.5. The number of carbonyl (C=O) groups is 2. The van der Waals surface area contributed by atoms with Crippen molar-refractivity contribution in [1.29, 1.82) is 0 Å². The van der Waals surface area contributed by atoms with Gasteiger partial charge in [0.15, 0.2) is 0 Å². The lowest BCUT2D eigenvalue weighted by atomic mass is 9.95. The van der Waals surface area contributed by atoms with E-state index < -0.39 is 17.7 Å². The summed E-state index contributed by atoms with van der Waals surface area (Å²) >= 11 is 0. The molecule has 1 aromatic heterocycles. The predicted octanol–water partition coefficient (Wildman–Crippen LogP) is 4.50. The third-order valence-corrected chi connectivity index (χ3v) is 5.65. The van der Waals surface area contributed by atoms with Crippen LogP contribution in [0.15, 0.2) is 78.6 Å². The molecule has 1 aliphatic rings. The predicted molar refractivity (Wildman–Crippen MR) is 127 cm³/mol. The van der Waals surface area contributed by atoms with Crippen LogP contribution in [-0.4, -0.2) is 40.4 Å². The number of pyridine rings is 1. The zero-order valence-electron chi connectivity index (χ0n) is 19.1. The van der Waals surface area contributed by atoms with Gasteiger partial charge in [-0.1, -0.05) is 31.2 Å². The molecule has 7 nitrogen and oxygen atoms in total. The zero-order chi connectivity index (χ0) is 24.1. The standard InChI is InChI=1S/C27H26N2O5/c1-3-15-34-22-6-4-5-20(16-22)25(30)23-24(19-7-9-21(33-2)10-8-19)29(27(32)26(23)31)17-18-11-13-28-14-12-18/h4-14,16,24,30H,3,15,17H2,1-2H3/b25-23-. The number of nitrogens with zero attached hydrogens (tertiary/aromatic N) is 2. The fraction of sp³-hybridized carbons (Fsp3) is 0.222. The van der Waals surface area contributed by atoms with E-state index in [9.17, 15) is 14.7 Å². The summed E-state index contributed by atoms with van der Waals surface area (Å²) < 4.78 is 10.9. The van der Waals surface area contributed by atoms with E-state index in [1.807, 2.05) is 6.92 Å². The van der Waals surface area contributed by atoms with E-state index in [0.717, 1.165) is 12.0 Å². The molecule has 1 atom stereocenters. The number of benzene rings is 2. The van der Waals surface area contributed by atoms with Gasteiger partial charge in [0.2, 0.25) is 0 Å². The lowest BCUT2D eigenvalue weighted by Crippen LogP contribution is -2.29. The smallest absolute Gasteiger partial charge is 0.295 e. The van der Waals surface area contributed by atoms with Crippen molar-refractivity contribution in [2.45, 2.75) is 25.9 Å². The van der Waals surface area contributed by atoms with E-state index in [0.29, 0.717) is 29.2 Å². The van der Waals surface area contributed by atoms with Crippen molar-refractivity contribution < 1.29 is 24.2 Å². The van der Waals surface area contributed by atoms with Crippen LogP contribution in [0, 0.1) is 0 Å². The molecule has 3 aromatic rings. The van der Waals surface area contributed by atoms with Gasteiger partial charge in [0.05, 0.1) is 25.3 Å². The molecule has 34 heavy (non-hydrogen) atoms. The van der Waals surface area contributed by atoms with Gasteiger partial charge in [-0.05, 0) is 53.9 Å². The minimum absolute atomic E-state index is 0.0388. The fourth-order valence-electron chi connectivity index (χ4n) is 3.97. The summed E-state index contributed by atoms with van der Waals surface area (Å²) in [5.41, 5.74) is 1.96. The van der Waals surface area contributed by atoms with Crippen LogP contribution < -0.4 is 9.47 Å². The molecule has 0 aliphatic carbocycles. The third kappa shape index (κ3) is 4.64. The van der Waals surface area contributed by atoms with E-state index in [1.54, 1.807) is 80.2 Å². The SMILES string of the molecule is CCCOc1cccc(/C(O)=C2/C(=O)C(=O)N(Cc3ccncc3)C2c2ccc(OC)cc2)c1. The number of aromatic nitrogens is 1. The number of hydrogen-bond acceptors (Lipinski definition) is 6. The van der Waals surface area contributed by atoms with Crippen molar-refractivity contribution in [1.82, 2.24) is 9.88 Å². The summed E-state index contributed by atoms with van der Waals surface area (Å²) in [5, 5.41) is 11.3. The van der Waals surface area contributed by atoms with Crippen LogP contribution in [-0.2, 0) is 16.1 Å². The highest BCUT2D eigenvalue weighted by molar-refractivity contribution is 6.46. The van der Waals surface area contributed by atoms with Crippen molar-refractivity contribution in [3.63, 3.8) is 0 Å². The molecule has 174 valence electrons. The van der Waals surface area contributed by atoms with E-state index in [-0.39, 0.29) is 17.9 Å². The van der Waals surface area contributed by atoms with E-state index in [2.05, 4.69) is 4.98 Å². The van der Waals surface area contributed by atoms with E-state index in [1.165, 1.54) is 4.90 Å². The Morgan fingerprint density at radius 2 is 1.76 bits per heavy atom. The molecule has 2 aromatic carbocycles. The van der Waals surface area contributed by atoms with Crippen molar-refractivity contribution in [2.24, 2.45) is 0 Å². The maximum absolute atomic E-state index is 13.2. The van der Waals surface area contributed by atoms with Gasteiger partial charge in [0.1, 0.15) is 17.3 Å².